The van der Waals surface area contributed by atoms with Crippen molar-refractivity contribution in [2.24, 2.45) is 5.92 Å². The molecule has 0 radical (unpaired) electrons. The van der Waals surface area contributed by atoms with Crippen molar-refractivity contribution < 1.29 is 5.11 Å². The van der Waals surface area contributed by atoms with Gasteiger partial charge in [0.2, 0.25) is 0 Å². The minimum atomic E-state index is -0.167. The highest BCUT2D eigenvalue weighted by molar-refractivity contribution is 4.32. The molecule has 0 aliphatic heterocycles. The highest BCUT2D eigenvalue weighted by Gasteiger charge is 1.80. The van der Waals surface area contributed by atoms with Gasteiger partial charge in [-0.05, 0) is 19.8 Å². The van der Waals surface area contributed by atoms with Crippen molar-refractivity contribution in [2.45, 2.75) is 87.7 Å². The Bertz CT molecular complexity index is 53.6. The Hall–Kier alpha value is -0.0400. The Morgan fingerprint density at radius 1 is 0.733 bits per heavy atom. The van der Waals surface area contributed by atoms with Gasteiger partial charge in [0.05, 0.1) is 0 Å². The lowest BCUT2D eigenvalue weighted by Crippen LogP contribution is -1.85. The highest BCUT2D eigenvalue weighted by atomic mass is 16.3. The van der Waals surface area contributed by atoms with Gasteiger partial charge in [-0.25, -0.2) is 0 Å². The van der Waals surface area contributed by atoms with Crippen molar-refractivity contribution in [3.05, 3.63) is 0 Å². The molecule has 0 aromatic rings. The average molecular weight is 220 g/mol. The van der Waals surface area contributed by atoms with Gasteiger partial charge in [-0.2, -0.15) is 0 Å². The van der Waals surface area contributed by atoms with E-state index >= 15 is 0 Å². The predicted octanol–water partition coefficient (Wildman–Crippen LogP) is 5.27. The molecule has 0 saturated heterocycles. The summed E-state index contributed by atoms with van der Waals surface area (Å²) in [6, 6.07) is 0. The molecule has 0 unspecified atom stereocenters. The fourth-order valence-electron chi connectivity index (χ4n) is 0. The van der Waals surface area contributed by atoms with E-state index in [0.717, 1.165) is 5.92 Å². The van der Waals surface area contributed by atoms with E-state index in [1.807, 2.05) is 0 Å². The molecule has 1 heteroatoms. The molecule has 0 aromatic heterocycles. The van der Waals surface area contributed by atoms with Gasteiger partial charge in [0.25, 0.3) is 0 Å². The number of aliphatic hydroxyl groups is 1. The van der Waals surface area contributed by atoms with E-state index in [9.17, 15) is 0 Å². The molecule has 1 N–H and O–H groups in total. The second kappa shape index (κ2) is 29.2. The third-order valence-electron chi connectivity index (χ3n) is 0.816. The van der Waals surface area contributed by atoms with Crippen LogP contribution in [-0.4, -0.2) is 11.2 Å². The first kappa shape index (κ1) is 24.3. The summed E-state index contributed by atoms with van der Waals surface area (Å²) < 4.78 is 0. The Labute approximate surface area is 99.3 Å². The first-order chi connectivity index (χ1) is 6.83. The monoisotopic (exact) mass is 220 g/mol. The van der Waals surface area contributed by atoms with E-state index < -0.39 is 0 Å². The van der Waals surface area contributed by atoms with Crippen LogP contribution in [0.25, 0.3) is 0 Å². The molecule has 1 nitrogen and oxygen atoms in total. The van der Waals surface area contributed by atoms with Crippen LogP contribution in [0.1, 0.15) is 81.6 Å². The standard InChI is InChI=1S/C5H12.C3H8O.2C3H8/c1-4-5(2)3;1-3(2)4;2*1-3-2/h5H,4H2,1-3H3;3-4H,1-2H3;2*3H2,1-2H3. The topological polar surface area (TPSA) is 20.2 Å². The van der Waals surface area contributed by atoms with Crippen molar-refractivity contribution >= 4 is 0 Å². The summed E-state index contributed by atoms with van der Waals surface area (Å²) in [6.07, 6.45) is 3.64. The van der Waals surface area contributed by atoms with Gasteiger partial charge >= 0.3 is 0 Å². The molecule has 0 aliphatic rings. The Balaban J connectivity index is -0.0000000553. The molecular weight excluding hydrogens is 184 g/mol. The lowest BCUT2D eigenvalue weighted by molar-refractivity contribution is 0.216. The molecule has 0 atom stereocenters. The van der Waals surface area contributed by atoms with Crippen molar-refractivity contribution in [1.82, 2.24) is 0 Å². The fraction of sp³-hybridized carbons (Fsp3) is 1.00. The summed E-state index contributed by atoms with van der Waals surface area (Å²) in [5.74, 6) is 0.884. The Morgan fingerprint density at radius 3 is 0.800 bits per heavy atom. The number of hydrogen-bond donors (Lipinski definition) is 1. The first-order valence-corrected chi connectivity index (χ1v) is 6.51. The summed E-state index contributed by atoms with van der Waals surface area (Å²) in [5.41, 5.74) is 0. The minimum absolute atomic E-state index is 0.167. The molecule has 0 saturated carbocycles. The largest absolute Gasteiger partial charge is 0.394 e. The smallest absolute Gasteiger partial charge is 0.0483 e. The average Bonchev–Trinajstić information content (AvgIpc) is 2.06. The molecular formula is C14H36O. The maximum absolute atomic E-state index is 8.06. The fourth-order valence-corrected chi connectivity index (χ4v) is 0. The lowest BCUT2D eigenvalue weighted by Gasteiger charge is -1.90. The maximum Gasteiger partial charge on any atom is 0.0483 e. The Morgan fingerprint density at radius 2 is 0.800 bits per heavy atom. The predicted molar refractivity (Wildman–Crippen MR) is 74.4 cm³/mol. The van der Waals surface area contributed by atoms with E-state index in [1.165, 1.54) is 19.3 Å². The maximum atomic E-state index is 8.06. The molecule has 0 aromatic carbocycles. The summed E-state index contributed by atoms with van der Waals surface area (Å²) >= 11 is 0. The molecule has 0 bridgehead atoms. The van der Waals surface area contributed by atoms with Crippen LogP contribution in [0, 0.1) is 5.92 Å². The van der Waals surface area contributed by atoms with Crippen LogP contribution in [0.2, 0.25) is 0 Å². The number of hydrogen-bond acceptors (Lipinski definition) is 1. The lowest BCUT2D eigenvalue weighted by atomic mass is 10.2. The quantitative estimate of drug-likeness (QED) is 0.638. The second-order valence-corrected chi connectivity index (χ2v) is 4.31. The van der Waals surface area contributed by atoms with Crippen molar-refractivity contribution in [2.75, 3.05) is 0 Å². The van der Waals surface area contributed by atoms with E-state index in [4.69, 9.17) is 5.11 Å². The van der Waals surface area contributed by atoms with E-state index in [1.54, 1.807) is 13.8 Å². The van der Waals surface area contributed by atoms with Crippen LogP contribution < -0.4 is 0 Å². The van der Waals surface area contributed by atoms with Crippen molar-refractivity contribution in [3.8, 4) is 0 Å². The molecule has 98 valence electrons. The zero-order valence-electron chi connectivity index (χ0n) is 12.7. The number of rotatable bonds is 1. The molecule has 0 aliphatic carbocycles. The Kier molecular flexibility index (Phi) is 47.3. The number of aliphatic hydroxyl groups excluding tert-OH is 1. The SMILES string of the molecule is CC(C)O.CCC.CCC.CCC(C)C. The van der Waals surface area contributed by atoms with Gasteiger partial charge in [0, 0.05) is 6.10 Å². The van der Waals surface area contributed by atoms with Crippen molar-refractivity contribution in [1.29, 1.82) is 0 Å². The van der Waals surface area contributed by atoms with Gasteiger partial charge in [-0.15, -0.1) is 0 Å². The molecule has 0 amide bonds. The molecule has 0 heterocycles. The third kappa shape index (κ3) is 520. The van der Waals surface area contributed by atoms with E-state index in [-0.39, 0.29) is 6.10 Å². The molecule has 0 fully saturated rings. The van der Waals surface area contributed by atoms with Crippen LogP contribution in [0.3, 0.4) is 0 Å². The zero-order valence-corrected chi connectivity index (χ0v) is 12.7. The van der Waals surface area contributed by atoms with E-state index in [0.29, 0.717) is 0 Å². The van der Waals surface area contributed by atoms with Gasteiger partial charge < -0.3 is 5.11 Å². The summed E-state index contributed by atoms with van der Waals surface area (Å²) in [5, 5.41) is 8.06. The van der Waals surface area contributed by atoms with Gasteiger partial charge in [0.1, 0.15) is 0 Å². The first-order valence-electron chi connectivity index (χ1n) is 6.51. The van der Waals surface area contributed by atoms with Gasteiger partial charge in [-0.3, -0.25) is 0 Å². The van der Waals surface area contributed by atoms with Crippen LogP contribution in [0.15, 0.2) is 0 Å². The normalized spacial score (nSPS) is 8.00. The van der Waals surface area contributed by atoms with Gasteiger partial charge in [0.15, 0.2) is 0 Å². The van der Waals surface area contributed by atoms with Crippen LogP contribution in [-0.2, 0) is 0 Å². The summed E-state index contributed by atoms with van der Waals surface area (Å²) in [4.78, 5) is 0. The van der Waals surface area contributed by atoms with Gasteiger partial charge in [-0.1, -0.05) is 67.7 Å². The third-order valence-corrected chi connectivity index (χ3v) is 0.816. The van der Waals surface area contributed by atoms with Crippen LogP contribution >= 0.6 is 0 Å². The molecule has 0 spiro atoms. The van der Waals surface area contributed by atoms with E-state index in [2.05, 4.69) is 48.5 Å². The molecule has 0 rings (SSSR count). The highest BCUT2D eigenvalue weighted by Crippen LogP contribution is 1.93. The minimum Gasteiger partial charge on any atom is -0.394 e. The van der Waals surface area contributed by atoms with Crippen LogP contribution in [0.4, 0.5) is 0 Å². The second-order valence-electron chi connectivity index (χ2n) is 4.31. The molecule has 15 heavy (non-hydrogen) atoms. The van der Waals surface area contributed by atoms with Crippen molar-refractivity contribution in [3.63, 3.8) is 0 Å². The van der Waals surface area contributed by atoms with Crippen LogP contribution in [0.5, 0.6) is 0 Å². The summed E-state index contributed by atoms with van der Waals surface area (Å²) in [6.45, 7) is 18.6. The zero-order chi connectivity index (χ0) is 13.3. The summed E-state index contributed by atoms with van der Waals surface area (Å²) in [7, 11) is 0.